The number of Topliss-reactive ketones (excluding diaryl/α,β-unsaturated/α-hetero) is 2. The minimum absolute atomic E-state index is 0.142. The lowest BCUT2D eigenvalue weighted by Gasteiger charge is -2.47. The van der Waals surface area contributed by atoms with Gasteiger partial charge in [-0.25, -0.2) is 0 Å². The van der Waals surface area contributed by atoms with E-state index in [4.69, 9.17) is 33.5 Å². The first-order valence-corrected chi connectivity index (χ1v) is 28.1. The average molecular weight is 1130 g/mol. The molecule has 4 aliphatic heterocycles. The molecular formula is C54H98O24. The zero-order chi connectivity index (χ0) is 58.6. The summed E-state index contributed by atoms with van der Waals surface area (Å²) >= 11 is 0. The number of carbonyl (C=O) groups excluding carboxylic acids is 3. The van der Waals surface area contributed by atoms with E-state index in [0.29, 0.717) is 6.42 Å². The van der Waals surface area contributed by atoms with E-state index in [9.17, 15) is 85.9 Å². The zero-order valence-electron chi connectivity index (χ0n) is 46.3. The topological polar surface area (TPSA) is 410 Å². The van der Waals surface area contributed by atoms with Crippen LogP contribution >= 0.6 is 0 Å². The predicted octanol–water partition coefficient (Wildman–Crippen LogP) is -1.49. The molecule has 0 radical (unpaired) electrons. The van der Waals surface area contributed by atoms with Gasteiger partial charge in [0.2, 0.25) is 0 Å². The van der Waals surface area contributed by atoms with Gasteiger partial charge in [-0.15, -0.1) is 0 Å². The lowest BCUT2D eigenvalue weighted by atomic mass is 9.73. The van der Waals surface area contributed by atoms with Crippen LogP contribution in [-0.4, -0.2) is 250 Å². The van der Waals surface area contributed by atoms with E-state index >= 15 is 0 Å². The second-order valence-electron chi connectivity index (χ2n) is 20.9. The van der Waals surface area contributed by atoms with Gasteiger partial charge in [0.15, 0.2) is 18.4 Å². The number of rotatable bonds is 22. The Morgan fingerprint density at radius 1 is 0.538 bits per heavy atom. The highest BCUT2D eigenvalue weighted by atomic mass is 16.7. The molecule has 24 heteroatoms. The summed E-state index contributed by atoms with van der Waals surface area (Å²) in [6.07, 6.45) is -7.43. The highest BCUT2D eigenvalue weighted by molar-refractivity contribution is 5.97. The van der Waals surface area contributed by atoms with E-state index in [-0.39, 0.29) is 35.4 Å². The van der Waals surface area contributed by atoms with Crippen molar-refractivity contribution in [2.45, 2.75) is 266 Å². The number of carbonyl (C=O) groups is 3. The molecule has 1 saturated carbocycles. The number of hydrogen-bond acceptors (Lipinski definition) is 24. The van der Waals surface area contributed by atoms with Gasteiger partial charge in [0.05, 0.1) is 32.5 Å². The molecule has 0 bridgehead atoms. The van der Waals surface area contributed by atoms with Crippen molar-refractivity contribution in [1.29, 1.82) is 0 Å². The summed E-state index contributed by atoms with van der Waals surface area (Å²) in [7, 11) is 1.00. The Hall–Kier alpha value is -2.09. The van der Waals surface area contributed by atoms with Crippen molar-refractivity contribution in [3.8, 4) is 0 Å². The maximum absolute atomic E-state index is 13.2. The Bertz CT molecular complexity index is 1640. The Labute approximate surface area is 458 Å². The number of allylic oxidation sites excluding steroid dienone is 1. The summed E-state index contributed by atoms with van der Waals surface area (Å²) in [4.78, 5) is 34.1. The molecule has 6 rings (SSSR count). The molecule has 0 aromatic carbocycles. The van der Waals surface area contributed by atoms with E-state index in [2.05, 4.69) is 20.8 Å². The molecule has 22 atom stereocenters. The summed E-state index contributed by atoms with van der Waals surface area (Å²) < 4.78 is 32.9. The van der Waals surface area contributed by atoms with Crippen LogP contribution < -0.4 is 0 Å². The van der Waals surface area contributed by atoms with Crippen molar-refractivity contribution >= 4 is 17.9 Å². The quantitative estimate of drug-likeness (QED) is 0.0434. The van der Waals surface area contributed by atoms with Crippen LogP contribution in [0.2, 0.25) is 0 Å². The molecule has 4 saturated heterocycles. The van der Waals surface area contributed by atoms with Gasteiger partial charge in [-0.3, -0.25) is 9.59 Å². The van der Waals surface area contributed by atoms with Crippen LogP contribution in [0.25, 0.3) is 0 Å². The molecular weight excluding hydrogens is 1030 g/mol. The third kappa shape index (κ3) is 21.3. The van der Waals surface area contributed by atoms with Crippen LogP contribution in [0.1, 0.15) is 143 Å². The summed E-state index contributed by atoms with van der Waals surface area (Å²) in [5.74, 6) is -0.0826. The van der Waals surface area contributed by atoms with Crippen molar-refractivity contribution in [2.24, 2.45) is 11.8 Å². The van der Waals surface area contributed by atoms with E-state index in [1.807, 2.05) is 6.08 Å². The molecule has 0 aromatic heterocycles. The maximum atomic E-state index is 13.2. The fourth-order valence-electron chi connectivity index (χ4n) is 10.3. The number of ketones is 2. The van der Waals surface area contributed by atoms with Gasteiger partial charge >= 0.3 is 0 Å². The Balaban J connectivity index is 0.000000444. The van der Waals surface area contributed by atoms with Crippen LogP contribution in [0.15, 0.2) is 11.6 Å². The molecule has 5 fully saturated rings. The molecule has 2 aliphatic carbocycles. The van der Waals surface area contributed by atoms with Crippen molar-refractivity contribution in [3.05, 3.63) is 11.6 Å². The van der Waals surface area contributed by atoms with Crippen molar-refractivity contribution in [1.82, 2.24) is 0 Å². The third-order valence-corrected chi connectivity index (χ3v) is 14.9. The second kappa shape index (κ2) is 38.6. The molecule has 0 aromatic rings. The first-order chi connectivity index (χ1) is 37.3. The molecule has 6 aliphatic rings. The summed E-state index contributed by atoms with van der Waals surface area (Å²) in [5, 5.41) is 147. The Morgan fingerprint density at radius 3 is 1.41 bits per heavy atom. The lowest BCUT2D eigenvalue weighted by molar-refractivity contribution is -0.341. The van der Waals surface area contributed by atoms with Gasteiger partial charge in [-0.05, 0) is 38.0 Å². The van der Waals surface area contributed by atoms with Gasteiger partial charge in [-0.2, -0.15) is 0 Å². The summed E-state index contributed by atoms with van der Waals surface area (Å²) in [6, 6.07) is 0. The van der Waals surface area contributed by atoms with Crippen molar-refractivity contribution in [2.75, 3.05) is 33.5 Å². The molecule has 22 unspecified atom stereocenters. The molecule has 15 N–H and O–H groups in total. The van der Waals surface area contributed by atoms with Crippen LogP contribution in [-0.2, 0) is 42.8 Å². The standard InChI is InChI=1S/C27H46O11.C15H26O11.C6H12O.C5H10.CH4O/c1-3-5-7-9-15-11-17(30)16(10-14(15)8-6-4-2)25-22(33)23(34)26(19(13-29)36-25)38-27-24(35)21(32)20(31)18(12-28)37-27;1-5(18)2-6-9(19)12(22)14(8(4-17)24-6)26-15-13(23)11(21)10(20)7(3-16)25-15;1-2-3-4-5-6-7;1-2-4-5-3-1;1-2/h10,14-15,18-29,31-35H,3-9,11-13H2,1-2H3;6-17,19-23H,2-4H2,1H3;6H,2-5H2,1H3;1-5H2;2H,1H3. The van der Waals surface area contributed by atoms with Gasteiger partial charge in [0, 0.05) is 31.9 Å². The molecule has 0 spiro atoms. The lowest BCUT2D eigenvalue weighted by Crippen LogP contribution is -2.64. The number of unbranched alkanes of at least 4 members (excludes halogenated alkanes) is 6. The molecule has 78 heavy (non-hydrogen) atoms. The number of aliphatic hydroxyl groups excluding tert-OH is 15. The van der Waals surface area contributed by atoms with Crippen LogP contribution in [0, 0.1) is 11.8 Å². The van der Waals surface area contributed by atoms with Crippen molar-refractivity contribution < 1.29 is 119 Å². The minimum atomic E-state index is -1.74. The Kier molecular flexibility index (Phi) is 35.7. The van der Waals surface area contributed by atoms with E-state index in [1.54, 1.807) is 0 Å². The molecule has 24 nitrogen and oxygen atoms in total. The Morgan fingerprint density at radius 2 is 0.974 bits per heavy atom. The highest BCUT2D eigenvalue weighted by Crippen LogP contribution is 2.39. The van der Waals surface area contributed by atoms with E-state index in [1.165, 1.54) is 51.9 Å². The zero-order valence-corrected chi connectivity index (χ0v) is 46.3. The largest absolute Gasteiger partial charge is 0.400 e. The predicted molar refractivity (Wildman–Crippen MR) is 278 cm³/mol. The van der Waals surface area contributed by atoms with Gasteiger partial charge in [0.1, 0.15) is 116 Å². The normalized spacial score (nSPS) is 38.6. The average Bonchev–Trinajstić information content (AvgIpc) is 4.08. The molecule has 458 valence electrons. The third-order valence-electron chi connectivity index (χ3n) is 14.9. The van der Waals surface area contributed by atoms with E-state index < -0.39 is 149 Å². The fourth-order valence-corrected chi connectivity index (χ4v) is 10.3. The number of ether oxygens (including phenoxy) is 6. The van der Waals surface area contributed by atoms with Crippen LogP contribution in [0.3, 0.4) is 0 Å². The van der Waals surface area contributed by atoms with Gasteiger partial charge in [0.25, 0.3) is 0 Å². The second-order valence-corrected chi connectivity index (χ2v) is 20.9. The van der Waals surface area contributed by atoms with Crippen LogP contribution in [0.4, 0.5) is 0 Å². The van der Waals surface area contributed by atoms with E-state index in [0.717, 1.165) is 71.2 Å². The first kappa shape index (κ1) is 72.0. The minimum Gasteiger partial charge on any atom is -0.400 e. The highest BCUT2D eigenvalue weighted by Gasteiger charge is 2.53. The SMILES string of the molecule is C1CCCC1.CC(=O)CC1OC(CO)C(OC2OC(CO)C(O)C(O)C2O)C(O)C1O.CCCCCC1CC(=O)C(C2OC(CO)C(OC3OC(CO)C(O)C(O)C3O)C(O)C2O)=CC1CCCC.CCCCCC=O.CO. The first-order valence-electron chi connectivity index (χ1n) is 28.1. The smallest absolute Gasteiger partial charge is 0.187 e. The van der Waals surface area contributed by atoms with Gasteiger partial charge < -0.3 is 110 Å². The van der Waals surface area contributed by atoms with Crippen LogP contribution in [0.5, 0.6) is 0 Å². The number of aldehydes is 1. The molecule has 0 amide bonds. The monoisotopic (exact) mass is 1130 g/mol. The van der Waals surface area contributed by atoms with Gasteiger partial charge in [-0.1, -0.05) is 104 Å². The van der Waals surface area contributed by atoms with Crippen molar-refractivity contribution in [3.63, 3.8) is 0 Å². The maximum Gasteiger partial charge on any atom is 0.187 e. The summed E-state index contributed by atoms with van der Waals surface area (Å²) in [5.41, 5.74) is 0.286. The number of aliphatic hydroxyl groups is 15. The fraction of sp³-hybridized carbons (Fsp3) is 0.907. The summed E-state index contributed by atoms with van der Waals surface area (Å²) in [6.45, 7) is 5.06. The molecule has 4 heterocycles. The number of hydrogen-bond donors (Lipinski definition) is 15.